The van der Waals surface area contributed by atoms with Crippen LogP contribution in [0.4, 0.5) is 0 Å². The highest BCUT2D eigenvalue weighted by atomic mass is 32.2. The number of carboxylic acid groups (broad SMARTS) is 1. The zero-order valence-corrected chi connectivity index (χ0v) is 15.1. The van der Waals surface area contributed by atoms with E-state index in [1.54, 1.807) is 29.2 Å². The summed E-state index contributed by atoms with van der Waals surface area (Å²) in [6.07, 6.45) is 1.73. The lowest BCUT2D eigenvalue weighted by Crippen LogP contribution is -2.34. The summed E-state index contributed by atoms with van der Waals surface area (Å²) in [6.45, 7) is 3.36. The van der Waals surface area contributed by atoms with Crippen molar-refractivity contribution in [1.29, 1.82) is 0 Å². The fourth-order valence-electron chi connectivity index (χ4n) is 2.11. The zero-order chi connectivity index (χ0) is 17.9. The van der Waals surface area contributed by atoms with Crippen molar-refractivity contribution in [3.05, 3.63) is 28.7 Å². The van der Waals surface area contributed by atoms with E-state index in [4.69, 9.17) is 26.8 Å². The highest BCUT2D eigenvalue weighted by Gasteiger charge is 2.33. The minimum Gasteiger partial charge on any atom is -0.493 e. The number of hydrogen-bond donors (Lipinski definition) is 1. The van der Waals surface area contributed by atoms with Gasteiger partial charge < -0.3 is 14.6 Å². The lowest BCUT2D eigenvalue weighted by atomic mass is 10.2. The maximum atomic E-state index is 12.4. The molecule has 1 amide bonds. The fourth-order valence-corrected chi connectivity index (χ4v) is 3.63. The summed E-state index contributed by atoms with van der Waals surface area (Å²) in [5, 5.41) is 8.67. The Morgan fingerprint density at radius 2 is 2.12 bits per heavy atom. The summed E-state index contributed by atoms with van der Waals surface area (Å²) in [5.41, 5.74) is 0.735. The summed E-state index contributed by atoms with van der Waals surface area (Å²) < 4.78 is 10.9. The van der Waals surface area contributed by atoms with E-state index in [0.29, 0.717) is 20.7 Å². The van der Waals surface area contributed by atoms with E-state index in [9.17, 15) is 9.59 Å². The second-order valence-corrected chi connectivity index (χ2v) is 6.91. The topological polar surface area (TPSA) is 76.1 Å². The molecule has 0 aromatic heterocycles. The molecule has 1 heterocycles. The minimum atomic E-state index is -1.07. The van der Waals surface area contributed by atoms with Gasteiger partial charge in [0.05, 0.1) is 12.0 Å². The largest absolute Gasteiger partial charge is 0.493 e. The van der Waals surface area contributed by atoms with E-state index in [-0.39, 0.29) is 11.9 Å². The van der Waals surface area contributed by atoms with Gasteiger partial charge in [-0.25, -0.2) is 4.79 Å². The van der Waals surface area contributed by atoms with Gasteiger partial charge in [0.2, 0.25) is 0 Å². The van der Waals surface area contributed by atoms with Crippen LogP contribution in [0.5, 0.6) is 11.5 Å². The predicted octanol–water partition coefficient (Wildman–Crippen LogP) is 2.77. The molecule has 1 aliphatic rings. The molecule has 0 saturated carbocycles. The molecule has 1 saturated heterocycles. The van der Waals surface area contributed by atoms with Crippen molar-refractivity contribution in [1.82, 2.24) is 4.90 Å². The Labute approximate surface area is 149 Å². The van der Waals surface area contributed by atoms with Crippen molar-refractivity contribution < 1.29 is 24.2 Å². The molecule has 24 heavy (non-hydrogen) atoms. The van der Waals surface area contributed by atoms with E-state index in [2.05, 4.69) is 0 Å². The number of carbonyl (C=O) groups excluding carboxylic acids is 1. The lowest BCUT2D eigenvalue weighted by Gasteiger charge is -2.18. The predicted molar refractivity (Wildman–Crippen MR) is 96.3 cm³/mol. The lowest BCUT2D eigenvalue weighted by molar-refractivity contribution is -0.139. The van der Waals surface area contributed by atoms with Crippen molar-refractivity contribution in [2.75, 3.05) is 13.7 Å². The molecule has 1 fully saturated rings. The number of thiocarbonyl (C=S) groups is 1. The van der Waals surface area contributed by atoms with Crippen molar-refractivity contribution in [2.24, 2.45) is 0 Å². The first-order valence-electron chi connectivity index (χ1n) is 7.13. The third kappa shape index (κ3) is 4.07. The maximum absolute atomic E-state index is 12.4. The zero-order valence-electron chi connectivity index (χ0n) is 13.4. The second-order valence-electron chi connectivity index (χ2n) is 5.24. The quantitative estimate of drug-likeness (QED) is 0.612. The summed E-state index contributed by atoms with van der Waals surface area (Å²) >= 11 is 6.50. The highest BCUT2D eigenvalue weighted by Crippen LogP contribution is 2.35. The van der Waals surface area contributed by atoms with Crippen LogP contribution in [0.3, 0.4) is 0 Å². The molecule has 128 valence electrons. The van der Waals surface area contributed by atoms with Crippen LogP contribution in [-0.4, -0.2) is 46.0 Å². The monoisotopic (exact) mass is 367 g/mol. The molecule has 1 aliphatic heterocycles. The summed E-state index contributed by atoms with van der Waals surface area (Å²) in [7, 11) is 1.46. The molecule has 0 bridgehead atoms. The molecule has 0 atom stereocenters. The Morgan fingerprint density at radius 1 is 1.42 bits per heavy atom. The Morgan fingerprint density at radius 3 is 2.67 bits per heavy atom. The van der Waals surface area contributed by atoms with Gasteiger partial charge in [0.15, 0.2) is 18.1 Å². The van der Waals surface area contributed by atoms with Gasteiger partial charge in [-0.2, -0.15) is 0 Å². The van der Waals surface area contributed by atoms with Crippen LogP contribution in [0.2, 0.25) is 0 Å². The smallest absolute Gasteiger partial charge is 0.341 e. The number of hydrogen-bond acceptors (Lipinski definition) is 6. The first-order valence-corrected chi connectivity index (χ1v) is 8.35. The van der Waals surface area contributed by atoms with Gasteiger partial charge in [0, 0.05) is 6.04 Å². The molecule has 0 aliphatic carbocycles. The van der Waals surface area contributed by atoms with Crippen molar-refractivity contribution in [2.45, 2.75) is 19.9 Å². The van der Waals surface area contributed by atoms with E-state index >= 15 is 0 Å². The Bertz CT molecular complexity index is 714. The number of thioether (sulfide) groups is 1. The summed E-state index contributed by atoms with van der Waals surface area (Å²) in [5.74, 6) is -0.472. The maximum Gasteiger partial charge on any atom is 0.341 e. The number of methoxy groups -OCH3 is 1. The molecular formula is C16H17NO5S2. The Balaban J connectivity index is 2.25. The number of ether oxygens (including phenoxy) is 2. The summed E-state index contributed by atoms with van der Waals surface area (Å²) in [6, 6.07) is 5.02. The van der Waals surface area contributed by atoms with E-state index in [0.717, 1.165) is 5.56 Å². The molecule has 6 nitrogen and oxygen atoms in total. The fraction of sp³-hybridized carbons (Fsp3) is 0.312. The number of carbonyl (C=O) groups is 2. The third-order valence-corrected chi connectivity index (χ3v) is 4.51. The first kappa shape index (κ1) is 18.3. The van der Waals surface area contributed by atoms with Crippen LogP contribution >= 0.6 is 24.0 Å². The van der Waals surface area contributed by atoms with Crippen LogP contribution < -0.4 is 9.47 Å². The summed E-state index contributed by atoms with van der Waals surface area (Å²) in [4.78, 5) is 25.1. The van der Waals surface area contributed by atoms with Gasteiger partial charge >= 0.3 is 5.97 Å². The minimum absolute atomic E-state index is 0.00438. The molecule has 0 radical (unpaired) electrons. The number of benzene rings is 1. The van der Waals surface area contributed by atoms with Crippen molar-refractivity contribution >= 4 is 46.3 Å². The van der Waals surface area contributed by atoms with E-state index < -0.39 is 12.6 Å². The number of amides is 1. The molecule has 0 unspecified atom stereocenters. The Hall–Kier alpha value is -2.06. The van der Waals surface area contributed by atoms with Gasteiger partial charge in [-0.05, 0) is 37.6 Å². The van der Waals surface area contributed by atoms with Crippen LogP contribution in [0.25, 0.3) is 6.08 Å². The van der Waals surface area contributed by atoms with Crippen LogP contribution in [0.1, 0.15) is 19.4 Å². The Kier molecular flexibility index (Phi) is 5.84. The number of aliphatic carboxylic acids is 1. The number of rotatable bonds is 6. The van der Waals surface area contributed by atoms with Gasteiger partial charge in [0.25, 0.3) is 5.91 Å². The SMILES string of the molecule is COc1cc(/C=C2\SC(=S)N(C(C)C)C2=O)ccc1OCC(=O)O. The number of nitrogens with zero attached hydrogens (tertiary/aromatic N) is 1. The molecule has 1 aromatic carbocycles. The standard InChI is InChI=1S/C16H17NO5S2/c1-9(2)17-15(20)13(24-16(17)23)7-10-4-5-11(12(6-10)21-3)22-8-14(18)19/h4-7,9H,8H2,1-3H3,(H,18,19)/b13-7-. The van der Waals surface area contributed by atoms with Gasteiger partial charge in [0.1, 0.15) is 4.32 Å². The second kappa shape index (κ2) is 7.67. The molecule has 0 spiro atoms. The molecule has 2 rings (SSSR count). The normalized spacial score (nSPS) is 16.2. The van der Waals surface area contributed by atoms with Crippen molar-refractivity contribution in [3.63, 3.8) is 0 Å². The molecular weight excluding hydrogens is 350 g/mol. The van der Waals surface area contributed by atoms with Crippen LogP contribution in [-0.2, 0) is 9.59 Å². The van der Waals surface area contributed by atoms with Gasteiger partial charge in [-0.3, -0.25) is 9.69 Å². The van der Waals surface area contributed by atoms with Crippen LogP contribution in [0, 0.1) is 0 Å². The van der Waals surface area contributed by atoms with E-state index in [1.165, 1.54) is 18.9 Å². The third-order valence-electron chi connectivity index (χ3n) is 3.18. The molecule has 1 N–H and O–H groups in total. The molecule has 1 aromatic rings. The highest BCUT2D eigenvalue weighted by molar-refractivity contribution is 8.26. The molecule has 8 heteroatoms. The van der Waals surface area contributed by atoms with Crippen molar-refractivity contribution in [3.8, 4) is 11.5 Å². The average Bonchev–Trinajstić information content (AvgIpc) is 2.79. The van der Waals surface area contributed by atoms with Gasteiger partial charge in [-0.1, -0.05) is 30.0 Å². The van der Waals surface area contributed by atoms with Gasteiger partial charge in [-0.15, -0.1) is 0 Å². The number of carboxylic acids is 1. The first-order chi connectivity index (χ1) is 11.3. The van der Waals surface area contributed by atoms with E-state index in [1.807, 2.05) is 13.8 Å². The van der Waals surface area contributed by atoms with Crippen LogP contribution in [0.15, 0.2) is 23.1 Å². The average molecular weight is 367 g/mol.